The van der Waals surface area contributed by atoms with E-state index in [0.717, 1.165) is 34.5 Å². The summed E-state index contributed by atoms with van der Waals surface area (Å²) in [7, 11) is 0. The molecule has 2 nitrogen and oxygen atoms in total. The van der Waals surface area contributed by atoms with Gasteiger partial charge in [0.05, 0.1) is 0 Å². The van der Waals surface area contributed by atoms with Crippen molar-refractivity contribution in [1.29, 1.82) is 0 Å². The lowest BCUT2D eigenvalue weighted by molar-refractivity contribution is -0.621. The van der Waals surface area contributed by atoms with Crippen LogP contribution in [0.25, 0.3) is 0 Å². The molecule has 1 aromatic heterocycles. The van der Waals surface area contributed by atoms with E-state index in [-0.39, 0.29) is 0 Å². The third-order valence-corrected chi connectivity index (χ3v) is 2.64. The fourth-order valence-electron chi connectivity index (χ4n) is 1.41. The van der Waals surface area contributed by atoms with Gasteiger partial charge in [-0.2, -0.15) is 4.73 Å². The average molecular weight is 193 g/mol. The Balaban J connectivity index is 2.83. The second-order valence-corrected chi connectivity index (χ2v) is 4.32. The van der Waals surface area contributed by atoms with Gasteiger partial charge in [-0.25, -0.2) is 0 Å². The van der Waals surface area contributed by atoms with Crippen molar-refractivity contribution in [3.8, 4) is 0 Å². The molecule has 1 rings (SSSR count). The standard InChI is InChI=1S/C12H19NO/c1-9(2)5-7-12-8-6-10(3)11(4)13(12)14/h6,8-9H,5,7H2,1-4H3. The van der Waals surface area contributed by atoms with Crippen molar-refractivity contribution in [2.45, 2.75) is 40.5 Å². The Kier molecular flexibility index (Phi) is 3.50. The number of hydrogen-bond acceptors (Lipinski definition) is 1. The van der Waals surface area contributed by atoms with Crippen LogP contribution in [-0.4, -0.2) is 0 Å². The first-order chi connectivity index (χ1) is 6.52. The molecule has 0 N–H and O–H groups in total. The number of nitrogens with zero attached hydrogens (tertiary/aromatic N) is 1. The molecule has 0 atom stereocenters. The minimum Gasteiger partial charge on any atom is -0.618 e. The highest BCUT2D eigenvalue weighted by Crippen LogP contribution is 2.08. The van der Waals surface area contributed by atoms with E-state index in [1.54, 1.807) is 0 Å². The van der Waals surface area contributed by atoms with Crippen LogP contribution in [0.2, 0.25) is 0 Å². The van der Waals surface area contributed by atoms with E-state index in [0.29, 0.717) is 5.92 Å². The smallest absolute Gasteiger partial charge is 0.193 e. The summed E-state index contributed by atoms with van der Waals surface area (Å²) >= 11 is 0. The van der Waals surface area contributed by atoms with Crippen molar-refractivity contribution < 1.29 is 4.73 Å². The van der Waals surface area contributed by atoms with Gasteiger partial charge < -0.3 is 5.21 Å². The fourth-order valence-corrected chi connectivity index (χ4v) is 1.41. The third kappa shape index (κ3) is 2.47. The summed E-state index contributed by atoms with van der Waals surface area (Å²) in [6.45, 7) is 8.20. The molecule has 1 aromatic rings. The Morgan fingerprint density at radius 1 is 1.29 bits per heavy atom. The Morgan fingerprint density at radius 3 is 2.50 bits per heavy atom. The summed E-state index contributed by atoms with van der Waals surface area (Å²) in [6.07, 6.45) is 1.95. The number of pyridine rings is 1. The lowest BCUT2D eigenvalue weighted by Crippen LogP contribution is -2.36. The molecular weight excluding hydrogens is 174 g/mol. The molecule has 0 saturated carbocycles. The van der Waals surface area contributed by atoms with E-state index in [2.05, 4.69) is 13.8 Å². The lowest BCUT2D eigenvalue weighted by Gasteiger charge is -2.09. The van der Waals surface area contributed by atoms with Crippen LogP contribution in [0.5, 0.6) is 0 Å². The molecule has 0 aliphatic heterocycles. The van der Waals surface area contributed by atoms with Crippen molar-refractivity contribution in [3.05, 3.63) is 34.3 Å². The summed E-state index contributed by atoms with van der Waals surface area (Å²) < 4.78 is 1.07. The van der Waals surface area contributed by atoms with Crippen molar-refractivity contribution in [1.82, 2.24) is 0 Å². The van der Waals surface area contributed by atoms with Crippen LogP contribution in [0.4, 0.5) is 0 Å². The van der Waals surface area contributed by atoms with Gasteiger partial charge in [0.2, 0.25) is 0 Å². The Morgan fingerprint density at radius 2 is 1.93 bits per heavy atom. The van der Waals surface area contributed by atoms with Crippen LogP contribution in [0, 0.1) is 25.0 Å². The monoisotopic (exact) mass is 193 g/mol. The highest BCUT2D eigenvalue weighted by atomic mass is 16.5. The SMILES string of the molecule is Cc1ccc(CCC(C)C)[n+]([O-])c1C. The molecule has 0 unspecified atom stereocenters. The van der Waals surface area contributed by atoms with E-state index in [9.17, 15) is 5.21 Å². The molecule has 1 heterocycles. The van der Waals surface area contributed by atoms with Crippen LogP contribution in [0.1, 0.15) is 37.2 Å². The maximum absolute atomic E-state index is 11.7. The summed E-state index contributed by atoms with van der Waals surface area (Å²) in [6, 6.07) is 3.97. The normalized spacial score (nSPS) is 10.9. The first-order valence-electron chi connectivity index (χ1n) is 5.21. The maximum Gasteiger partial charge on any atom is 0.193 e. The van der Waals surface area contributed by atoms with Gasteiger partial charge in [-0.05, 0) is 25.3 Å². The van der Waals surface area contributed by atoms with Crippen LogP contribution in [0.15, 0.2) is 12.1 Å². The van der Waals surface area contributed by atoms with Gasteiger partial charge in [0, 0.05) is 25.0 Å². The van der Waals surface area contributed by atoms with Gasteiger partial charge in [-0.1, -0.05) is 13.8 Å². The van der Waals surface area contributed by atoms with Crippen molar-refractivity contribution >= 4 is 0 Å². The number of hydrogen-bond donors (Lipinski definition) is 0. The van der Waals surface area contributed by atoms with Gasteiger partial charge in [0.1, 0.15) is 0 Å². The second-order valence-electron chi connectivity index (χ2n) is 4.32. The van der Waals surface area contributed by atoms with Crippen molar-refractivity contribution in [2.24, 2.45) is 5.92 Å². The first-order valence-corrected chi connectivity index (χ1v) is 5.21. The Bertz CT molecular complexity index is 318. The largest absolute Gasteiger partial charge is 0.618 e. The lowest BCUT2D eigenvalue weighted by atomic mass is 10.1. The average Bonchev–Trinajstić information content (AvgIpc) is 2.13. The minimum absolute atomic E-state index is 0.650. The van der Waals surface area contributed by atoms with E-state index < -0.39 is 0 Å². The zero-order valence-corrected chi connectivity index (χ0v) is 9.50. The van der Waals surface area contributed by atoms with E-state index >= 15 is 0 Å². The van der Waals surface area contributed by atoms with E-state index in [1.165, 1.54) is 0 Å². The predicted octanol–water partition coefficient (Wildman–Crippen LogP) is 2.53. The van der Waals surface area contributed by atoms with Gasteiger partial charge in [0.25, 0.3) is 0 Å². The second kappa shape index (κ2) is 4.45. The third-order valence-electron chi connectivity index (χ3n) is 2.64. The van der Waals surface area contributed by atoms with Gasteiger partial charge in [0.15, 0.2) is 11.4 Å². The molecule has 0 amide bonds. The van der Waals surface area contributed by atoms with Crippen molar-refractivity contribution in [2.75, 3.05) is 0 Å². The summed E-state index contributed by atoms with van der Waals surface area (Å²) in [5.41, 5.74) is 2.78. The number of aromatic nitrogens is 1. The molecule has 14 heavy (non-hydrogen) atoms. The molecule has 0 bridgehead atoms. The molecule has 0 saturated heterocycles. The van der Waals surface area contributed by atoms with Crippen LogP contribution in [0.3, 0.4) is 0 Å². The molecule has 0 radical (unpaired) electrons. The zero-order valence-electron chi connectivity index (χ0n) is 9.50. The Labute approximate surface area is 86.2 Å². The highest BCUT2D eigenvalue weighted by Gasteiger charge is 2.10. The molecule has 78 valence electrons. The van der Waals surface area contributed by atoms with Crippen LogP contribution in [-0.2, 0) is 6.42 Å². The molecule has 0 fully saturated rings. The number of rotatable bonds is 3. The van der Waals surface area contributed by atoms with Gasteiger partial charge >= 0.3 is 0 Å². The van der Waals surface area contributed by atoms with Gasteiger partial charge in [-0.3, -0.25) is 0 Å². The highest BCUT2D eigenvalue weighted by molar-refractivity contribution is 5.15. The molecule has 0 aliphatic carbocycles. The molecule has 0 aromatic carbocycles. The summed E-state index contributed by atoms with van der Waals surface area (Å²) in [4.78, 5) is 0. The van der Waals surface area contributed by atoms with Crippen LogP contribution >= 0.6 is 0 Å². The maximum atomic E-state index is 11.7. The fraction of sp³-hybridized carbons (Fsp3) is 0.583. The first kappa shape index (κ1) is 11.0. The van der Waals surface area contributed by atoms with E-state index in [4.69, 9.17) is 0 Å². The van der Waals surface area contributed by atoms with E-state index in [1.807, 2.05) is 26.0 Å². The molecular formula is C12H19NO. The zero-order chi connectivity index (χ0) is 10.7. The summed E-state index contributed by atoms with van der Waals surface area (Å²) in [5.74, 6) is 0.650. The number of aryl methyl sites for hydroxylation is 2. The topological polar surface area (TPSA) is 26.9 Å². The summed E-state index contributed by atoms with van der Waals surface area (Å²) in [5, 5.41) is 11.7. The minimum atomic E-state index is 0.650. The van der Waals surface area contributed by atoms with Crippen LogP contribution < -0.4 is 4.73 Å². The quantitative estimate of drug-likeness (QED) is 0.535. The Hall–Kier alpha value is -1.05. The predicted molar refractivity (Wildman–Crippen MR) is 58.0 cm³/mol. The molecule has 2 heteroatoms. The molecule has 0 aliphatic rings. The van der Waals surface area contributed by atoms with Crippen molar-refractivity contribution in [3.63, 3.8) is 0 Å². The molecule has 0 spiro atoms. The van der Waals surface area contributed by atoms with Gasteiger partial charge in [-0.15, -0.1) is 0 Å².